The van der Waals surface area contributed by atoms with E-state index >= 15 is 0 Å². The summed E-state index contributed by atoms with van der Waals surface area (Å²) in [5.41, 5.74) is 0.813. The lowest BCUT2D eigenvalue weighted by Gasteiger charge is -2.41. The molecule has 2 fully saturated rings. The fraction of sp³-hybridized carbons (Fsp3) is 0.440. The van der Waals surface area contributed by atoms with Gasteiger partial charge >= 0.3 is 5.97 Å². The first-order chi connectivity index (χ1) is 17.4. The van der Waals surface area contributed by atoms with Crippen LogP contribution in [0.15, 0.2) is 36.4 Å². The molecule has 0 saturated carbocycles. The average molecular weight is 496 g/mol. The third-order valence-electron chi connectivity index (χ3n) is 6.68. The zero-order chi connectivity index (χ0) is 25.3. The fourth-order valence-electron chi connectivity index (χ4n) is 4.61. The van der Waals surface area contributed by atoms with Crippen LogP contribution in [0.25, 0.3) is 22.3 Å². The lowest BCUT2D eigenvalue weighted by molar-refractivity contribution is -0.114. The van der Waals surface area contributed by atoms with Crippen molar-refractivity contribution in [3.63, 3.8) is 0 Å². The number of hydrogen-bond acceptors (Lipinski definition) is 10. The molecule has 11 heteroatoms. The molecule has 3 N–H and O–H groups in total. The van der Waals surface area contributed by atoms with Crippen molar-refractivity contribution in [2.45, 2.75) is 18.6 Å². The van der Waals surface area contributed by atoms with Gasteiger partial charge in [-0.2, -0.15) is 9.97 Å². The summed E-state index contributed by atoms with van der Waals surface area (Å²) in [5.74, 6) is 0.151. The van der Waals surface area contributed by atoms with Crippen LogP contribution in [0, 0.1) is 0 Å². The summed E-state index contributed by atoms with van der Waals surface area (Å²) in [6, 6.07) is 10.5. The highest BCUT2D eigenvalue weighted by molar-refractivity contribution is 5.91. The maximum Gasteiger partial charge on any atom is 0.335 e. The lowest BCUT2D eigenvalue weighted by atomic mass is 10.0. The Morgan fingerprint density at radius 1 is 1.11 bits per heavy atom. The molecule has 3 aromatic rings. The number of aliphatic hydroxyl groups is 2. The molecule has 0 aliphatic carbocycles. The number of rotatable bonds is 6. The van der Waals surface area contributed by atoms with E-state index in [0.717, 1.165) is 11.2 Å². The molecule has 0 radical (unpaired) electrons. The van der Waals surface area contributed by atoms with Crippen molar-refractivity contribution in [2.75, 3.05) is 62.5 Å². The van der Waals surface area contributed by atoms with Gasteiger partial charge in [-0.25, -0.2) is 9.78 Å². The van der Waals surface area contributed by atoms with Crippen LogP contribution in [-0.2, 0) is 9.47 Å². The molecular weight excluding hydrogens is 466 g/mol. The van der Waals surface area contributed by atoms with Gasteiger partial charge in [-0.3, -0.25) is 0 Å². The van der Waals surface area contributed by atoms with E-state index in [0.29, 0.717) is 55.8 Å². The second kappa shape index (κ2) is 9.94. The van der Waals surface area contributed by atoms with Gasteiger partial charge in [0, 0.05) is 18.7 Å². The van der Waals surface area contributed by atoms with Crippen molar-refractivity contribution in [3.05, 3.63) is 42.0 Å². The van der Waals surface area contributed by atoms with Gasteiger partial charge < -0.3 is 34.6 Å². The Hall–Kier alpha value is -3.38. The van der Waals surface area contributed by atoms with Crippen molar-refractivity contribution >= 4 is 28.8 Å². The van der Waals surface area contributed by atoms with E-state index in [1.54, 1.807) is 12.1 Å². The summed E-state index contributed by atoms with van der Waals surface area (Å²) < 4.78 is 11.3. The molecule has 0 unspecified atom stereocenters. The number of morpholine rings is 2. The third-order valence-corrected chi connectivity index (χ3v) is 6.68. The molecule has 2 aliphatic heterocycles. The molecule has 2 saturated heterocycles. The van der Waals surface area contributed by atoms with Gasteiger partial charge in [-0.05, 0) is 31.2 Å². The zero-order valence-electron chi connectivity index (χ0n) is 20.0. The van der Waals surface area contributed by atoms with Crippen molar-refractivity contribution < 1.29 is 29.6 Å². The Kier molecular flexibility index (Phi) is 6.71. The predicted molar refractivity (Wildman–Crippen MR) is 132 cm³/mol. The molecule has 2 aliphatic rings. The van der Waals surface area contributed by atoms with Gasteiger partial charge in [0.15, 0.2) is 5.65 Å². The summed E-state index contributed by atoms with van der Waals surface area (Å²) in [6.07, 6.45) is 0. The fourth-order valence-corrected chi connectivity index (χ4v) is 4.61. The summed E-state index contributed by atoms with van der Waals surface area (Å²) in [6.45, 7) is 4.25. The topological polar surface area (TPSA) is 141 Å². The van der Waals surface area contributed by atoms with Crippen molar-refractivity contribution in [1.82, 2.24) is 15.0 Å². The van der Waals surface area contributed by atoms with Crippen molar-refractivity contribution in [1.29, 1.82) is 0 Å². The number of aromatic nitrogens is 3. The molecular formula is C25H29N5O6. The molecule has 1 aromatic carbocycles. The molecule has 4 heterocycles. The average Bonchev–Trinajstić information content (AvgIpc) is 2.92. The number of aromatic carboxylic acids is 1. The van der Waals surface area contributed by atoms with Crippen LogP contribution in [-0.4, -0.2) is 101 Å². The number of fused-ring (bicyclic) bond motifs is 1. The van der Waals surface area contributed by atoms with Gasteiger partial charge in [0.1, 0.15) is 11.4 Å². The van der Waals surface area contributed by atoms with Crippen LogP contribution >= 0.6 is 0 Å². The second-order valence-corrected chi connectivity index (χ2v) is 9.19. The van der Waals surface area contributed by atoms with Crippen LogP contribution in [0.5, 0.6) is 0 Å². The van der Waals surface area contributed by atoms with E-state index in [-0.39, 0.29) is 31.4 Å². The van der Waals surface area contributed by atoms with Gasteiger partial charge in [0.05, 0.1) is 62.3 Å². The number of pyridine rings is 1. The molecule has 5 rings (SSSR count). The number of carboxylic acids is 1. The molecule has 2 aromatic heterocycles. The van der Waals surface area contributed by atoms with Crippen molar-refractivity contribution in [3.8, 4) is 11.3 Å². The molecule has 1 atom stereocenters. The first-order valence-electron chi connectivity index (χ1n) is 11.9. The smallest absolute Gasteiger partial charge is 0.335 e. The standard InChI is InChI=1S/C25H29N5O6/c1-16-12-35-9-8-30(16)22-19-5-6-20(17-3-2-4-18(11-17)23(33)34)26-21(19)27-24(28-22)29-7-10-36-25(13-29,14-31)15-32/h2-6,11,16,31-32H,7-10,12-15H2,1H3,(H,33,34)/t16-/m0/s1. The SMILES string of the molecule is C[C@H]1COCCN1c1nc(N2CCOC(CO)(CO)C2)nc2nc(-c3cccc(C(=O)O)c3)ccc12. The number of benzene rings is 1. The maximum atomic E-state index is 11.5. The van der Waals surface area contributed by atoms with Gasteiger partial charge in [-0.1, -0.05) is 12.1 Å². The molecule has 0 bridgehead atoms. The molecule has 190 valence electrons. The quantitative estimate of drug-likeness (QED) is 0.454. The second-order valence-electron chi connectivity index (χ2n) is 9.19. The number of carbonyl (C=O) groups is 1. The van der Waals surface area contributed by atoms with Crippen LogP contribution in [0.4, 0.5) is 11.8 Å². The Morgan fingerprint density at radius 2 is 1.94 bits per heavy atom. The van der Waals surface area contributed by atoms with Crippen LogP contribution in [0.1, 0.15) is 17.3 Å². The molecule has 0 spiro atoms. The highest BCUT2D eigenvalue weighted by Crippen LogP contribution is 2.32. The van der Waals surface area contributed by atoms with Crippen LogP contribution < -0.4 is 9.80 Å². The predicted octanol–water partition coefficient (Wildman–Crippen LogP) is 1.18. The highest BCUT2D eigenvalue weighted by Gasteiger charge is 2.37. The van der Waals surface area contributed by atoms with Crippen molar-refractivity contribution in [2.24, 2.45) is 0 Å². The number of nitrogens with zero attached hydrogens (tertiary/aromatic N) is 5. The maximum absolute atomic E-state index is 11.5. The highest BCUT2D eigenvalue weighted by atomic mass is 16.5. The van der Waals surface area contributed by atoms with E-state index in [9.17, 15) is 20.1 Å². The van der Waals surface area contributed by atoms with Gasteiger partial charge in [-0.15, -0.1) is 0 Å². The summed E-state index contributed by atoms with van der Waals surface area (Å²) in [5, 5.41) is 29.9. The first kappa shape index (κ1) is 24.3. The van der Waals surface area contributed by atoms with Gasteiger partial charge in [0.2, 0.25) is 5.95 Å². The number of ether oxygens (including phenoxy) is 2. The minimum Gasteiger partial charge on any atom is -0.478 e. The molecule has 0 amide bonds. The Bertz CT molecular complexity index is 1270. The Morgan fingerprint density at radius 3 is 2.69 bits per heavy atom. The minimum atomic E-state index is -1.10. The van der Waals surface area contributed by atoms with E-state index in [2.05, 4.69) is 11.8 Å². The molecule has 36 heavy (non-hydrogen) atoms. The van der Waals surface area contributed by atoms with E-state index in [1.807, 2.05) is 23.1 Å². The van der Waals surface area contributed by atoms with Crippen LogP contribution in [0.2, 0.25) is 0 Å². The number of hydrogen-bond donors (Lipinski definition) is 3. The number of anilines is 2. The first-order valence-corrected chi connectivity index (χ1v) is 11.9. The number of aliphatic hydroxyl groups excluding tert-OH is 2. The van der Waals surface area contributed by atoms with E-state index < -0.39 is 11.6 Å². The van der Waals surface area contributed by atoms with Gasteiger partial charge in [0.25, 0.3) is 0 Å². The largest absolute Gasteiger partial charge is 0.478 e. The summed E-state index contributed by atoms with van der Waals surface area (Å²) >= 11 is 0. The van der Waals surface area contributed by atoms with E-state index in [4.69, 9.17) is 24.4 Å². The monoisotopic (exact) mass is 495 g/mol. The van der Waals surface area contributed by atoms with E-state index in [1.165, 1.54) is 6.07 Å². The lowest BCUT2D eigenvalue weighted by Crippen LogP contribution is -2.57. The summed E-state index contributed by atoms with van der Waals surface area (Å²) in [4.78, 5) is 30.0. The minimum absolute atomic E-state index is 0.0929. The zero-order valence-corrected chi connectivity index (χ0v) is 20.0. The normalized spacial score (nSPS) is 20.0. The number of carboxylic acid groups (broad SMARTS) is 1. The molecule has 11 nitrogen and oxygen atoms in total. The van der Waals surface area contributed by atoms with Crippen LogP contribution in [0.3, 0.4) is 0 Å². The third kappa shape index (κ3) is 4.58. The Labute approximate surface area is 207 Å². The summed E-state index contributed by atoms with van der Waals surface area (Å²) in [7, 11) is 0. The Balaban J connectivity index is 1.63.